The van der Waals surface area contributed by atoms with Crippen molar-refractivity contribution in [2.24, 2.45) is 5.41 Å². The molecule has 0 N–H and O–H groups in total. The van der Waals surface area contributed by atoms with Crippen LogP contribution in [0.3, 0.4) is 0 Å². The molecule has 0 aliphatic carbocycles. The van der Waals surface area contributed by atoms with Crippen LogP contribution in [0, 0.1) is 5.41 Å². The fourth-order valence-electron chi connectivity index (χ4n) is 5.86. The Balaban J connectivity index is 2.11. The zero-order valence-corrected chi connectivity index (χ0v) is 20.6. The van der Waals surface area contributed by atoms with Gasteiger partial charge in [-0.25, -0.2) is 0 Å². The van der Waals surface area contributed by atoms with Gasteiger partial charge < -0.3 is 0 Å². The Morgan fingerprint density at radius 2 is 1.71 bits per heavy atom. The Morgan fingerprint density at radius 1 is 1.00 bits per heavy atom. The van der Waals surface area contributed by atoms with E-state index in [9.17, 15) is 0 Å². The first-order valence-electron chi connectivity index (χ1n) is 11.5. The summed E-state index contributed by atoms with van der Waals surface area (Å²) in [7, 11) is 0.852. The Hall–Kier alpha value is -1.01. The molecule has 3 rings (SSSR count). The van der Waals surface area contributed by atoms with Crippen molar-refractivity contribution in [1.82, 2.24) is 4.90 Å². The van der Waals surface area contributed by atoms with Gasteiger partial charge in [-0.05, 0) is 0 Å². The number of nitrogens with zero attached hydrogens (tertiary/aromatic N) is 2. The first-order chi connectivity index (χ1) is 13.2. The van der Waals surface area contributed by atoms with Crippen LogP contribution in [-0.4, -0.2) is 37.6 Å². The first kappa shape index (κ1) is 21.7. The zero-order chi connectivity index (χ0) is 20.7. The summed E-state index contributed by atoms with van der Waals surface area (Å²) < 4.78 is 0. The third-order valence-electron chi connectivity index (χ3n) is 8.44. The second-order valence-electron chi connectivity index (χ2n) is 10.3. The molecule has 0 bridgehead atoms. The Morgan fingerprint density at radius 3 is 2.32 bits per heavy atom. The summed E-state index contributed by atoms with van der Waals surface area (Å²) in [5.74, 6) is 0. The standard InChI is InChI=1S/C25H43N2P/c1-9-12-13-18-28(7,8)20-14-15-21-22(19-20)27-17-16-26(6)23(27)25(5,11-3)24(21,4)10-2/h14-17,19,23,28H,9-13,18H2,1-8H3. The summed E-state index contributed by atoms with van der Waals surface area (Å²) in [6.07, 6.45) is 12.8. The third-order valence-corrected chi connectivity index (χ3v) is 11.9. The quantitative estimate of drug-likeness (QED) is 0.398. The molecule has 0 saturated heterocycles. The Labute approximate surface area is 174 Å². The van der Waals surface area contributed by atoms with E-state index in [0.29, 0.717) is 6.17 Å². The van der Waals surface area contributed by atoms with Gasteiger partial charge in [-0.2, -0.15) is 0 Å². The molecule has 2 nitrogen and oxygen atoms in total. The second kappa shape index (κ2) is 7.67. The molecule has 3 unspecified atom stereocenters. The molecule has 2 aliphatic heterocycles. The fraction of sp³-hybridized carbons (Fsp3) is 0.680. The van der Waals surface area contributed by atoms with Crippen LogP contribution >= 0.6 is 7.26 Å². The molecule has 0 spiro atoms. The van der Waals surface area contributed by atoms with E-state index in [1.165, 1.54) is 44.0 Å². The molecular weight excluding hydrogens is 359 g/mol. The van der Waals surface area contributed by atoms with E-state index < -0.39 is 7.26 Å². The van der Waals surface area contributed by atoms with Gasteiger partial charge in [0.25, 0.3) is 0 Å². The molecule has 2 aliphatic rings. The molecule has 0 saturated carbocycles. The van der Waals surface area contributed by atoms with Crippen LogP contribution < -0.4 is 10.2 Å². The molecule has 3 heteroatoms. The second-order valence-corrected chi connectivity index (χ2v) is 15.1. The van der Waals surface area contributed by atoms with Gasteiger partial charge in [-0.3, -0.25) is 0 Å². The third kappa shape index (κ3) is 3.11. The van der Waals surface area contributed by atoms with Crippen LogP contribution in [0.25, 0.3) is 0 Å². The van der Waals surface area contributed by atoms with Crippen molar-refractivity contribution in [1.29, 1.82) is 0 Å². The average Bonchev–Trinajstić information content (AvgIpc) is 3.08. The van der Waals surface area contributed by atoms with Gasteiger partial charge in [0.2, 0.25) is 0 Å². The van der Waals surface area contributed by atoms with Crippen molar-refractivity contribution in [2.45, 2.75) is 78.3 Å². The zero-order valence-electron chi connectivity index (χ0n) is 19.6. The van der Waals surface area contributed by atoms with Gasteiger partial charge >= 0.3 is 174 Å². The monoisotopic (exact) mass is 402 g/mol. The van der Waals surface area contributed by atoms with Gasteiger partial charge in [0.15, 0.2) is 0 Å². The number of hydrogen-bond acceptors (Lipinski definition) is 2. The molecule has 0 fully saturated rings. The fourth-order valence-corrected chi connectivity index (χ4v) is 8.34. The molecule has 1 aromatic rings. The topological polar surface area (TPSA) is 6.48 Å². The van der Waals surface area contributed by atoms with Crippen LogP contribution in [0.5, 0.6) is 0 Å². The number of rotatable bonds is 7. The predicted molar refractivity (Wildman–Crippen MR) is 130 cm³/mol. The van der Waals surface area contributed by atoms with Gasteiger partial charge in [-0.15, -0.1) is 0 Å². The van der Waals surface area contributed by atoms with Crippen molar-refractivity contribution in [3.63, 3.8) is 0 Å². The molecule has 158 valence electrons. The molecule has 0 aromatic heterocycles. The van der Waals surface area contributed by atoms with E-state index in [1.807, 2.05) is 0 Å². The number of hydrogen-bond donors (Lipinski definition) is 0. The number of unbranched alkanes of at least 4 members (excludes halogenated alkanes) is 2. The molecule has 0 radical (unpaired) electrons. The normalized spacial score (nSPS) is 29.8. The Kier molecular flexibility index (Phi) is 5.95. The van der Waals surface area contributed by atoms with Crippen LogP contribution in [0.1, 0.15) is 72.3 Å². The van der Waals surface area contributed by atoms with Gasteiger partial charge in [-0.1, -0.05) is 0 Å². The summed E-state index contributed by atoms with van der Waals surface area (Å²) in [5.41, 5.74) is 3.42. The summed E-state index contributed by atoms with van der Waals surface area (Å²) in [5, 5.41) is 1.63. The van der Waals surface area contributed by atoms with E-state index in [1.54, 1.807) is 10.9 Å². The maximum atomic E-state index is 2.58. The minimum atomic E-state index is -1.40. The summed E-state index contributed by atoms with van der Waals surface area (Å²) in [6, 6.07) is 7.57. The van der Waals surface area contributed by atoms with E-state index in [0.717, 1.165) is 0 Å². The number of benzene rings is 1. The molecular formula is C25H43N2P. The molecule has 2 heterocycles. The van der Waals surface area contributed by atoms with Gasteiger partial charge in [0, 0.05) is 0 Å². The van der Waals surface area contributed by atoms with Gasteiger partial charge in [0.1, 0.15) is 0 Å². The predicted octanol–water partition coefficient (Wildman–Crippen LogP) is 6.16. The molecule has 0 amide bonds. The van der Waals surface area contributed by atoms with E-state index in [-0.39, 0.29) is 10.8 Å². The first-order valence-corrected chi connectivity index (χ1v) is 14.7. The van der Waals surface area contributed by atoms with Gasteiger partial charge in [0.05, 0.1) is 0 Å². The van der Waals surface area contributed by atoms with Crippen molar-refractivity contribution in [3.05, 3.63) is 36.2 Å². The van der Waals surface area contributed by atoms with E-state index in [4.69, 9.17) is 0 Å². The van der Waals surface area contributed by atoms with E-state index in [2.05, 4.69) is 95.4 Å². The summed E-state index contributed by atoms with van der Waals surface area (Å²) >= 11 is 0. The summed E-state index contributed by atoms with van der Waals surface area (Å²) in [6.45, 7) is 17.2. The van der Waals surface area contributed by atoms with Crippen LogP contribution in [-0.2, 0) is 5.41 Å². The molecule has 1 aromatic carbocycles. The number of anilines is 1. The maximum absolute atomic E-state index is 2.58. The van der Waals surface area contributed by atoms with Crippen LogP contribution in [0.2, 0.25) is 0 Å². The minimum absolute atomic E-state index is 0.185. The van der Waals surface area contributed by atoms with Crippen molar-refractivity contribution in [2.75, 3.05) is 31.4 Å². The van der Waals surface area contributed by atoms with Crippen molar-refractivity contribution in [3.8, 4) is 0 Å². The van der Waals surface area contributed by atoms with Crippen molar-refractivity contribution >= 4 is 18.3 Å². The SMILES string of the molecule is CCCCC[PH](C)(C)c1ccc2c(c1)N1C=CN(C)C1C(C)(CC)C2(C)CC. The average molecular weight is 403 g/mol. The van der Waals surface area contributed by atoms with Crippen LogP contribution in [0.15, 0.2) is 30.6 Å². The molecule has 3 atom stereocenters. The number of fused-ring (bicyclic) bond motifs is 3. The summed E-state index contributed by atoms with van der Waals surface area (Å²) in [4.78, 5) is 5.02. The van der Waals surface area contributed by atoms with E-state index >= 15 is 0 Å². The van der Waals surface area contributed by atoms with Crippen LogP contribution in [0.4, 0.5) is 5.69 Å². The Bertz CT molecular complexity index is 740. The van der Waals surface area contributed by atoms with Crippen molar-refractivity contribution < 1.29 is 0 Å². The molecule has 28 heavy (non-hydrogen) atoms.